The monoisotopic (exact) mass is 581 g/mol. The number of rotatable bonds is 4. The standard InChI is InChI=1S/C14H17.C9H7.C7H7.2ClH.Si.Zr/c1-2-3-4-7-12-10-11-13-8-5-6-9-14(12)13;1-2-5-9-7-3-6-8(9)4-1;1-7-5-3-2-4-6-7;;;;/h3,5-6,8-12H,2,4,7H2,1H3;1-7H;2-6H,1H2;2*1H;;/q3*-1;;;;. The van der Waals surface area contributed by atoms with Crippen molar-refractivity contribution in [2.24, 2.45) is 0 Å². The first-order chi connectivity index (χ1) is 15.8. The van der Waals surface area contributed by atoms with E-state index in [2.05, 4.69) is 106 Å². The molecule has 4 aromatic carbocycles. The van der Waals surface area contributed by atoms with E-state index < -0.39 is 0 Å². The first kappa shape index (κ1) is 32.6. The molecule has 0 fully saturated rings. The molecule has 2 radical (unpaired) electrons. The van der Waals surface area contributed by atoms with Crippen LogP contribution in [0.4, 0.5) is 0 Å². The topological polar surface area (TPSA) is 0 Å². The molecule has 0 N–H and O–H groups in total. The Hall–Kier alpha value is -1.44. The molecule has 4 aromatic rings. The zero-order valence-electron chi connectivity index (χ0n) is 19.7. The fourth-order valence-electron chi connectivity index (χ4n) is 3.63. The van der Waals surface area contributed by atoms with Crippen molar-refractivity contribution in [3.8, 4) is 0 Å². The minimum atomic E-state index is 0. The van der Waals surface area contributed by atoms with Crippen LogP contribution >= 0.6 is 24.8 Å². The molecule has 178 valence electrons. The molecule has 0 saturated carbocycles. The molecule has 1 aliphatic rings. The van der Waals surface area contributed by atoms with E-state index in [0.29, 0.717) is 5.92 Å². The number of hydrogen-bond acceptors (Lipinski definition) is 0. The van der Waals surface area contributed by atoms with Gasteiger partial charge >= 0.3 is 30.2 Å². The van der Waals surface area contributed by atoms with Gasteiger partial charge < -0.3 is 6.42 Å². The summed E-state index contributed by atoms with van der Waals surface area (Å²) < 4.78 is 0. The van der Waals surface area contributed by atoms with Crippen molar-refractivity contribution in [1.82, 2.24) is 0 Å². The van der Waals surface area contributed by atoms with Gasteiger partial charge in [-0.3, -0.25) is 0 Å². The molecule has 0 aliphatic heterocycles. The number of benzene rings is 3. The van der Waals surface area contributed by atoms with Gasteiger partial charge in [0.1, 0.15) is 0 Å². The minimum absolute atomic E-state index is 0. The van der Waals surface area contributed by atoms with Gasteiger partial charge in [0.25, 0.3) is 0 Å². The molecule has 1 aliphatic carbocycles. The summed E-state index contributed by atoms with van der Waals surface area (Å²) in [6.45, 7) is 8.99. The fraction of sp³-hybridized carbons (Fsp3) is 0.167. The quantitative estimate of drug-likeness (QED) is 0.128. The third-order valence-corrected chi connectivity index (χ3v) is 5.26. The number of fused-ring (bicyclic) bond motifs is 2. The van der Waals surface area contributed by atoms with Crippen molar-refractivity contribution in [1.29, 1.82) is 0 Å². The number of halogens is 2. The maximum atomic E-state index is 3.72. The van der Waals surface area contributed by atoms with Crippen LogP contribution in [-0.2, 0) is 23.3 Å². The molecule has 1 unspecified atom stereocenters. The van der Waals surface area contributed by atoms with E-state index in [-0.39, 0.29) is 24.8 Å². The average molecular weight is 584 g/mol. The first-order valence-electron chi connectivity index (χ1n) is 11.1. The van der Waals surface area contributed by atoms with Gasteiger partial charge in [-0.05, 0) is 11.1 Å². The third-order valence-electron chi connectivity index (χ3n) is 5.26. The van der Waals surface area contributed by atoms with E-state index in [0.717, 1.165) is 5.56 Å². The van der Waals surface area contributed by atoms with Crippen molar-refractivity contribution in [2.75, 3.05) is 0 Å². The summed E-state index contributed by atoms with van der Waals surface area (Å²) in [5.74, 6) is 0.661. The smallest absolute Gasteiger partial charge is 0.0809 e. The van der Waals surface area contributed by atoms with Crippen LogP contribution in [0.5, 0.6) is 0 Å². The molecule has 0 aromatic heterocycles. The van der Waals surface area contributed by atoms with E-state index >= 15 is 0 Å². The largest absolute Gasteiger partial charge is 0.168 e. The predicted molar refractivity (Wildman–Crippen MR) is 153 cm³/mol. The maximum absolute atomic E-state index is 3.72. The second kappa shape index (κ2) is 19.8. The number of hydrogen-bond donors (Lipinski definition) is 0. The van der Waals surface area contributed by atoms with Gasteiger partial charge in [-0.1, -0.05) is 61.9 Å². The zero-order chi connectivity index (χ0) is 23.0. The fourth-order valence-corrected chi connectivity index (χ4v) is 3.63. The van der Waals surface area contributed by atoms with Gasteiger partial charge in [0.05, 0.1) is 0 Å². The Kier molecular flexibility index (Phi) is 19.0. The van der Waals surface area contributed by atoms with Crippen LogP contribution in [0.25, 0.3) is 16.8 Å². The molecular weight excluding hydrogens is 551 g/mol. The summed E-state index contributed by atoms with van der Waals surface area (Å²) in [5.41, 5.74) is 3.99. The summed E-state index contributed by atoms with van der Waals surface area (Å²) in [5, 5.41) is 2.66. The molecule has 1 atom stereocenters. The van der Waals surface area contributed by atoms with Crippen LogP contribution in [0.2, 0.25) is 0 Å². The van der Waals surface area contributed by atoms with Crippen molar-refractivity contribution in [2.45, 2.75) is 32.1 Å². The third kappa shape index (κ3) is 11.3. The summed E-state index contributed by atoms with van der Waals surface area (Å²) in [6, 6.07) is 33.3. The molecule has 0 saturated heterocycles. The Morgan fingerprint density at radius 2 is 1.53 bits per heavy atom. The Balaban J connectivity index is 0.000000475. The molecule has 0 heterocycles. The molecule has 0 bridgehead atoms. The van der Waals surface area contributed by atoms with E-state index in [1.165, 1.54) is 64.5 Å². The SMILES string of the molecule is CC[CH-]CCC1C=Cc2ccccc21.Cl.Cl.[CH2-]c1ccccc1.[Si]=[Zr].c1ccc2[cH-]ccc2c1. The molecule has 0 amide bonds. The Morgan fingerprint density at radius 3 is 2.18 bits per heavy atom. The normalized spacial score (nSPS) is 12.2. The summed E-state index contributed by atoms with van der Waals surface area (Å²) in [6.07, 6.45) is 10.7. The molecule has 4 heteroatoms. The maximum Gasteiger partial charge on any atom is -0.0809 e. The zero-order valence-corrected chi connectivity index (χ0v) is 24.8. The van der Waals surface area contributed by atoms with Crippen molar-refractivity contribution in [3.63, 3.8) is 0 Å². The van der Waals surface area contributed by atoms with Crippen LogP contribution in [0.15, 0.2) is 103 Å². The second-order valence-electron chi connectivity index (χ2n) is 7.51. The molecule has 34 heavy (non-hydrogen) atoms. The summed E-state index contributed by atoms with van der Waals surface area (Å²) in [4.78, 5) is 0. The van der Waals surface area contributed by atoms with Gasteiger partial charge in [0.2, 0.25) is 0 Å². The van der Waals surface area contributed by atoms with Crippen molar-refractivity contribution >= 4 is 48.5 Å². The minimum Gasteiger partial charge on any atom is -0.168 e. The van der Waals surface area contributed by atoms with Crippen LogP contribution in [0.3, 0.4) is 0 Å². The predicted octanol–water partition coefficient (Wildman–Crippen LogP) is 9.08. The Morgan fingerprint density at radius 1 is 0.882 bits per heavy atom. The van der Waals surface area contributed by atoms with Gasteiger partial charge in [0, 0.05) is 5.92 Å². The molecular formula is C30H33Cl2SiZr-3. The second-order valence-corrected chi connectivity index (χ2v) is 7.51. The summed E-state index contributed by atoms with van der Waals surface area (Å²) in [7, 11) is 0. The van der Waals surface area contributed by atoms with E-state index in [1.54, 1.807) is 0 Å². The Bertz CT molecular complexity index is 1030. The summed E-state index contributed by atoms with van der Waals surface area (Å²) >= 11 is 1.36. The Labute approximate surface area is 235 Å². The molecule has 0 nitrogen and oxygen atoms in total. The number of unbranched alkanes of at least 4 members (excludes halogenated alkanes) is 2. The van der Waals surface area contributed by atoms with Crippen molar-refractivity contribution in [3.05, 3.63) is 133 Å². The average Bonchev–Trinajstić information content (AvgIpc) is 3.49. The molecule has 5 rings (SSSR count). The van der Waals surface area contributed by atoms with Crippen LogP contribution in [0.1, 0.15) is 48.8 Å². The van der Waals surface area contributed by atoms with E-state index in [9.17, 15) is 0 Å². The molecule has 0 spiro atoms. The van der Waals surface area contributed by atoms with E-state index in [4.69, 9.17) is 0 Å². The van der Waals surface area contributed by atoms with Gasteiger partial charge in [0.15, 0.2) is 0 Å². The number of allylic oxidation sites excluding steroid dienone is 1. The first-order valence-corrected chi connectivity index (χ1v) is 15.3. The van der Waals surface area contributed by atoms with Crippen LogP contribution in [0, 0.1) is 13.3 Å². The van der Waals surface area contributed by atoms with Gasteiger partial charge in [-0.25, -0.2) is 0 Å². The van der Waals surface area contributed by atoms with Gasteiger partial charge in [-0.15, -0.1) is 66.6 Å². The van der Waals surface area contributed by atoms with Crippen LogP contribution < -0.4 is 0 Å². The van der Waals surface area contributed by atoms with Crippen LogP contribution in [-0.4, -0.2) is 6.88 Å². The van der Waals surface area contributed by atoms with Crippen molar-refractivity contribution < 1.29 is 23.3 Å². The van der Waals surface area contributed by atoms with Gasteiger partial charge in [-0.2, -0.15) is 55.0 Å². The van der Waals surface area contributed by atoms with E-state index in [1.807, 2.05) is 30.3 Å².